The number of ketones is 1. The molecule has 0 saturated heterocycles. The number of fused-ring (bicyclic) bond motifs is 5. The molecular weight excluding hydrogens is 476 g/mol. The van der Waals surface area contributed by atoms with Gasteiger partial charge in [-0.2, -0.15) is 0 Å². The van der Waals surface area contributed by atoms with Crippen molar-refractivity contribution in [3.8, 4) is 0 Å². The Hall–Kier alpha value is -1.58. The summed E-state index contributed by atoms with van der Waals surface area (Å²) < 4.78 is 5.60. The summed E-state index contributed by atoms with van der Waals surface area (Å²) in [5.74, 6) is -1.66. The number of carbonyl (C=O) groups is 2. The quantitative estimate of drug-likeness (QED) is 0.357. The Kier molecular flexibility index (Phi) is 5.99. The van der Waals surface area contributed by atoms with Gasteiger partial charge in [-0.1, -0.05) is 13.8 Å². The maximum atomic E-state index is 13.4. The summed E-state index contributed by atoms with van der Waals surface area (Å²) in [6.45, 7) is 8.82. The standard InChI is InChI=1S/C29H42O8/c1-25(2,34)15-10-23(37-24(33)11-15)28(5,35)22-7-9-29(36)17-12-19(30)18-13-20(31)21(32)14-26(18,3)16(17)6-8-27(22,29)4/h11-12,16,18,20-23,31-32,34-36H,6-10,13-14H2,1-5H3. The minimum Gasteiger partial charge on any atom is -0.456 e. The number of aliphatic hydroxyl groups is 5. The molecule has 0 aromatic heterocycles. The molecule has 5 rings (SSSR count). The van der Waals surface area contributed by atoms with Gasteiger partial charge in [-0.25, -0.2) is 4.79 Å². The summed E-state index contributed by atoms with van der Waals surface area (Å²) in [4.78, 5) is 25.8. The monoisotopic (exact) mass is 518 g/mol. The molecule has 4 aliphatic carbocycles. The van der Waals surface area contributed by atoms with Crippen LogP contribution in [0.1, 0.15) is 79.6 Å². The second-order valence-electron chi connectivity index (χ2n) is 13.7. The van der Waals surface area contributed by atoms with Crippen molar-refractivity contribution in [1.82, 2.24) is 0 Å². The van der Waals surface area contributed by atoms with Gasteiger partial charge >= 0.3 is 5.97 Å². The molecule has 3 saturated carbocycles. The molecule has 10 unspecified atom stereocenters. The number of ether oxygens (including phenoxy) is 1. The topological polar surface area (TPSA) is 145 Å². The van der Waals surface area contributed by atoms with Crippen LogP contribution in [0, 0.1) is 28.6 Å². The SMILES string of the molecule is CC(C)(O)C1=CC(=O)OC(C(C)(O)C2CCC3(O)C4=CC(=O)C5CC(O)C(O)CC5(C)C4CCC23C)C1. The van der Waals surface area contributed by atoms with Crippen LogP contribution in [0.5, 0.6) is 0 Å². The Labute approximate surface area is 218 Å². The highest BCUT2D eigenvalue weighted by Crippen LogP contribution is 2.68. The number of allylic oxidation sites excluding steroid dienone is 1. The molecule has 0 amide bonds. The average Bonchev–Trinajstić information content (AvgIpc) is 3.07. The van der Waals surface area contributed by atoms with E-state index < -0.39 is 63.8 Å². The third-order valence-corrected chi connectivity index (χ3v) is 11.2. The first-order valence-electron chi connectivity index (χ1n) is 13.7. The number of cyclic esters (lactones) is 1. The van der Waals surface area contributed by atoms with Crippen LogP contribution in [0.4, 0.5) is 0 Å². The Morgan fingerprint density at radius 2 is 1.65 bits per heavy atom. The molecular formula is C29H42O8. The van der Waals surface area contributed by atoms with Gasteiger partial charge in [0, 0.05) is 23.8 Å². The smallest absolute Gasteiger partial charge is 0.331 e. The van der Waals surface area contributed by atoms with E-state index in [0.717, 1.165) is 0 Å². The molecule has 0 aromatic rings. The van der Waals surface area contributed by atoms with E-state index in [2.05, 4.69) is 0 Å². The molecule has 0 spiro atoms. The van der Waals surface area contributed by atoms with Crippen LogP contribution in [0.2, 0.25) is 0 Å². The maximum absolute atomic E-state index is 13.4. The molecule has 3 fully saturated rings. The van der Waals surface area contributed by atoms with E-state index in [0.29, 0.717) is 43.3 Å². The number of esters is 1. The molecule has 37 heavy (non-hydrogen) atoms. The lowest BCUT2D eigenvalue weighted by Crippen LogP contribution is -2.63. The van der Waals surface area contributed by atoms with Crippen LogP contribution in [0.25, 0.3) is 0 Å². The van der Waals surface area contributed by atoms with Crippen molar-refractivity contribution in [3.63, 3.8) is 0 Å². The van der Waals surface area contributed by atoms with Crippen molar-refractivity contribution in [2.24, 2.45) is 28.6 Å². The molecule has 5 N–H and O–H groups in total. The van der Waals surface area contributed by atoms with Crippen LogP contribution in [-0.4, -0.2) is 72.4 Å². The van der Waals surface area contributed by atoms with Gasteiger partial charge in [0.15, 0.2) is 5.78 Å². The second-order valence-corrected chi connectivity index (χ2v) is 13.7. The Morgan fingerprint density at radius 3 is 2.30 bits per heavy atom. The Morgan fingerprint density at radius 1 is 0.973 bits per heavy atom. The van der Waals surface area contributed by atoms with Gasteiger partial charge in [-0.05, 0) is 93.8 Å². The summed E-state index contributed by atoms with van der Waals surface area (Å²) in [5, 5.41) is 55.6. The van der Waals surface area contributed by atoms with Crippen molar-refractivity contribution < 1.29 is 39.9 Å². The first kappa shape index (κ1) is 27.0. The van der Waals surface area contributed by atoms with E-state index in [1.165, 1.54) is 6.08 Å². The number of hydrogen-bond donors (Lipinski definition) is 5. The molecule has 1 heterocycles. The molecule has 1 aliphatic heterocycles. The van der Waals surface area contributed by atoms with Crippen LogP contribution < -0.4 is 0 Å². The summed E-state index contributed by atoms with van der Waals surface area (Å²) in [7, 11) is 0. The molecule has 8 heteroatoms. The van der Waals surface area contributed by atoms with Gasteiger partial charge < -0.3 is 30.3 Å². The lowest BCUT2D eigenvalue weighted by atomic mass is 9.45. The fraction of sp³-hybridized carbons (Fsp3) is 0.793. The minimum atomic E-state index is -1.48. The molecule has 0 radical (unpaired) electrons. The lowest BCUT2D eigenvalue weighted by Gasteiger charge is -2.60. The second kappa shape index (κ2) is 8.21. The molecule has 10 atom stereocenters. The van der Waals surface area contributed by atoms with Gasteiger partial charge in [0.05, 0.1) is 23.4 Å². The summed E-state index contributed by atoms with van der Waals surface area (Å²) >= 11 is 0. The van der Waals surface area contributed by atoms with Gasteiger partial charge in [0.2, 0.25) is 0 Å². The summed E-state index contributed by atoms with van der Waals surface area (Å²) in [6.07, 6.45) is 2.98. The minimum absolute atomic E-state index is 0.114. The van der Waals surface area contributed by atoms with Crippen molar-refractivity contribution in [3.05, 3.63) is 23.3 Å². The molecule has 5 aliphatic rings. The number of rotatable bonds is 3. The van der Waals surface area contributed by atoms with Crippen LogP contribution in [-0.2, 0) is 14.3 Å². The zero-order valence-corrected chi connectivity index (χ0v) is 22.5. The van der Waals surface area contributed by atoms with Gasteiger partial charge in [0.25, 0.3) is 0 Å². The molecule has 0 bridgehead atoms. The van der Waals surface area contributed by atoms with E-state index >= 15 is 0 Å². The highest BCUT2D eigenvalue weighted by Gasteiger charge is 2.69. The van der Waals surface area contributed by atoms with E-state index in [-0.39, 0.29) is 24.5 Å². The zero-order chi connectivity index (χ0) is 27.3. The number of aliphatic hydroxyl groups excluding tert-OH is 2. The Balaban J connectivity index is 1.49. The van der Waals surface area contributed by atoms with Crippen molar-refractivity contribution in [2.45, 2.75) is 115 Å². The zero-order valence-electron chi connectivity index (χ0n) is 22.5. The van der Waals surface area contributed by atoms with Crippen LogP contribution in [0.3, 0.4) is 0 Å². The fourth-order valence-corrected chi connectivity index (χ4v) is 8.90. The third-order valence-electron chi connectivity index (χ3n) is 11.2. The van der Waals surface area contributed by atoms with Crippen LogP contribution >= 0.6 is 0 Å². The molecule has 0 aromatic carbocycles. The normalized spacial score (nSPS) is 47.6. The first-order valence-corrected chi connectivity index (χ1v) is 13.7. The van der Waals surface area contributed by atoms with Gasteiger partial charge in [-0.15, -0.1) is 0 Å². The van der Waals surface area contributed by atoms with Crippen molar-refractivity contribution >= 4 is 11.8 Å². The fourth-order valence-electron chi connectivity index (χ4n) is 8.90. The van der Waals surface area contributed by atoms with Crippen molar-refractivity contribution in [1.29, 1.82) is 0 Å². The lowest BCUT2D eigenvalue weighted by molar-refractivity contribution is -0.191. The van der Waals surface area contributed by atoms with E-state index in [4.69, 9.17) is 4.74 Å². The maximum Gasteiger partial charge on any atom is 0.331 e. The summed E-state index contributed by atoms with van der Waals surface area (Å²) in [6, 6.07) is 0. The number of hydrogen-bond acceptors (Lipinski definition) is 8. The van der Waals surface area contributed by atoms with E-state index in [1.807, 2.05) is 13.8 Å². The predicted molar refractivity (Wildman–Crippen MR) is 134 cm³/mol. The van der Waals surface area contributed by atoms with E-state index in [9.17, 15) is 35.1 Å². The predicted octanol–water partition coefficient (Wildman–Crippen LogP) is 1.95. The first-order chi connectivity index (χ1) is 16.9. The molecule has 8 nitrogen and oxygen atoms in total. The van der Waals surface area contributed by atoms with Gasteiger partial charge in [0.1, 0.15) is 11.7 Å². The number of carbonyl (C=O) groups excluding carboxylic acids is 2. The molecule has 206 valence electrons. The highest BCUT2D eigenvalue weighted by molar-refractivity contribution is 5.95. The summed E-state index contributed by atoms with van der Waals surface area (Å²) in [5.41, 5.74) is -4.21. The van der Waals surface area contributed by atoms with Crippen molar-refractivity contribution in [2.75, 3.05) is 0 Å². The largest absolute Gasteiger partial charge is 0.456 e. The third kappa shape index (κ3) is 3.73. The highest BCUT2D eigenvalue weighted by atomic mass is 16.6. The average molecular weight is 519 g/mol. The van der Waals surface area contributed by atoms with Crippen LogP contribution in [0.15, 0.2) is 23.3 Å². The van der Waals surface area contributed by atoms with E-state index in [1.54, 1.807) is 26.8 Å². The Bertz CT molecular complexity index is 1070. The van der Waals surface area contributed by atoms with Gasteiger partial charge in [-0.3, -0.25) is 4.79 Å².